The second-order valence-corrected chi connectivity index (χ2v) is 27.4. The fraction of sp³-hybridized carbons (Fsp3) is 0.133. The minimum absolute atomic E-state index is 0.0885. The number of hydrogen-bond donors (Lipinski definition) is 0. The van der Waals surface area contributed by atoms with Gasteiger partial charge in [-0.3, -0.25) is 0 Å². The summed E-state index contributed by atoms with van der Waals surface area (Å²) < 4.78 is 0. The topological polar surface area (TPSA) is 77.3 Å². The average molecular weight is 1240 g/mol. The van der Waals surface area contributed by atoms with Crippen molar-refractivity contribution in [3.05, 3.63) is 326 Å². The van der Waals surface area contributed by atoms with Gasteiger partial charge in [-0.05, 0) is 123 Å². The van der Waals surface area contributed by atoms with Crippen molar-refractivity contribution in [3.8, 4) is 135 Å². The van der Waals surface area contributed by atoms with Crippen molar-refractivity contribution in [1.82, 2.24) is 29.9 Å². The molecule has 2 aliphatic rings. The third kappa shape index (κ3) is 10.8. The van der Waals surface area contributed by atoms with Gasteiger partial charge in [0.25, 0.3) is 0 Å². The Morgan fingerprint density at radius 3 is 1.07 bits per heavy atom. The lowest BCUT2D eigenvalue weighted by molar-refractivity contribution is 0.299. The molecule has 96 heavy (non-hydrogen) atoms. The molecule has 16 rings (SSSR count). The van der Waals surface area contributed by atoms with Crippen LogP contribution in [0.2, 0.25) is 0 Å². The zero-order valence-corrected chi connectivity index (χ0v) is 55.6. The van der Waals surface area contributed by atoms with Crippen LogP contribution in [0.1, 0.15) is 77.6 Å². The van der Waals surface area contributed by atoms with Crippen LogP contribution >= 0.6 is 0 Å². The third-order valence-corrected chi connectivity index (χ3v) is 21.0. The molecule has 12 aromatic carbocycles. The molecule has 0 N–H and O–H groups in total. The van der Waals surface area contributed by atoms with Crippen LogP contribution in [0.4, 0.5) is 0 Å². The van der Waals surface area contributed by atoms with E-state index in [1.165, 1.54) is 77.9 Å². The molecule has 0 amide bonds. The maximum atomic E-state index is 5.12. The third-order valence-electron chi connectivity index (χ3n) is 21.0. The van der Waals surface area contributed by atoms with Gasteiger partial charge in [-0.25, -0.2) is 29.9 Å². The van der Waals surface area contributed by atoms with E-state index in [9.17, 15) is 0 Å². The molecule has 6 nitrogen and oxygen atoms in total. The Morgan fingerprint density at radius 2 is 0.531 bits per heavy atom. The predicted molar refractivity (Wildman–Crippen MR) is 397 cm³/mol. The first-order valence-corrected chi connectivity index (χ1v) is 33.3. The summed E-state index contributed by atoms with van der Waals surface area (Å²) in [6.07, 6.45) is 0. The second kappa shape index (κ2) is 24.5. The molecule has 14 aromatic rings. The smallest absolute Gasteiger partial charge is 0.164 e. The molecule has 2 aliphatic carbocycles. The molecule has 0 radical (unpaired) electrons. The molecule has 0 saturated carbocycles. The minimum atomic E-state index is -0.135. The minimum Gasteiger partial charge on any atom is -0.208 e. The normalized spacial score (nSPS) is 14.2. The van der Waals surface area contributed by atoms with E-state index >= 15 is 0 Å². The number of benzene rings is 12. The Balaban J connectivity index is 0.000000158. The van der Waals surface area contributed by atoms with Crippen LogP contribution in [0.15, 0.2) is 303 Å². The standard InChI is InChI=1S/2C45H37N3/c1-44(2)39-27-26-34(29-38(39)37-25-15-24-36(40(37)45(44,3)4)30-16-8-5-9-17-30)33-22-14-23-35(28-33)43-47-41(31-18-10-6-11-19-31)46-42(48-43)32-20-12-7-13-21-32;1-44(2)38-26-16-25-35(40(38)37-28-27-33(29-39(37)45(44,3)4)30-17-8-5-9-18-30)34-23-14-15-24-36(34)43-47-41(31-19-10-6-11-20-31)46-42(48-43)32-21-12-7-13-22-32/h2*5-29H,1-4H3. The molecule has 2 heterocycles. The number of hydrogen-bond acceptors (Lipinski definition) is 6. The fourth-order valence-corrected chi connectivity index (χ4v) is 14.4. The molecule has 0 spiro atoms. The van der Waals surface area contributed by atoms with Crippen molar-refractivity contribution in [3.63, 3.8) is 0 Å². The highest BCUT2D eigenvalue weighted by molar-refractivity contribution is 5.96. The van der Waals surface area contributed by atoms with E-state index in [-0.39, 0.29) is 21.7 Å². The molecule has 0 bridgehead atoms. The Morgan fingerprint density at radius 1 is 0.177 bits per heavy atom. The molecule has 0 aliphatic heterocycles. The van der Waals surface area contributed by atoms with Gasteiger partial charge in [0.15, 0.2) is 34.9 Å². The highest BCUT2D eigenvalue weighted by Crippen LogP contribution is 2.59. The van der Waals surface area contributed by atoms with Crippen molar-refractivity contribution in [2.24, 2.45) is 0 Å². The number of aromatic nitrogens is 6. The first kappa shape index (κ1) is 60.9. The Kier molecular flexibility index (Phi) is 15.6. The number of fused-ring (bicyclic) bond motifs is 6. The van der Waals surface area contributed by atoms with Crippen molar-refractivity contribution in [2.75, 3.05) is 0 Å². The summed E-state index contributed by atoms with van der Waals surface area (Å²) in [5.41, 5.74) is 25.7. The van der Waals surface area contributed by atoms with Crippen LogP contribution in [0, 0.1) is 0 Å². The van der Waals surface area contributed by atoms with Crippen molar-refractivity contribution in [1.29, 1.82) is 0 Å². The van der Waals surface area contributed by atoms with Gasteiger partial charge in [0.05, 0.1) is 0 Å². The maximum absolute atomic E-state index is 5.12. The molecule has 0 atom stereocenters. The first-order chi connectivity index (χ1) is 46.6. The van der Waals surface area contributed by atoms with E-state index < -0.39 is 0 Å². The summed E-state index contributed by atoms with van der Waals surface area (Å²) in [6.45, 7) is 19.2. The maximum Gasteiger partial charge on any atom is 0.164 e. The first-order valence-electron chi connectivity index (χ1n) is 33.3. The number of nitrogens with zero attached hydrogens (tertiary/aromatic N) is 6. The summed E-state index contributed by atoms with van der Waals surface area (Å²) in [5, 5.41) is 0. The molecule has 0 saturated heterocycles. The van der Waals surface area contributed by atoms with Crippen molar-refractivity contribution < 1.29 is 0 Å². The Labute approximate surface area is 564 Å². The lowest BCUT2D eigenvalue weighted by Crippen LogP contribution is -2.44. The van der Waals surface area contributed by atoms with E-state index in [1.54, 1.807) is 0 Å². The summed E-state index contributed by atoms with van der Waals surface area (Å²) in [7, 11) is 0. The molecule has 0 fully saturated rings. The van der Waals surface area contributed by atoms with Gasteiger partial charge in [-0.1, -0.05) is 341 Å². The summed E-state index contributed by atoms with van der Waals surface area (Å²) in [4.78, 5) is 30.0. The number of rotatable bonds is 10. The van der Waals surface area contributed by atoms with Gasteiger partial charge in [0.2, 0.25) is 0 Å². The van der Waals surface area contributed by atoms with Crippen LogP contribution in [-0.4, -0.2) is 29.9 Å². The van der Waals surface area contributed by atoms with Crippen molar-refractivity contribution >= 4 is 0 Å². The molecule has 2 aromatic heterocycles. The van der Waals surface area contributed by atoms with Crippen LogP contribution in [0.3, 0.4) is 0 Å². The SMILES string of the molecule is CC1(C)c2cc(-c3ccccc3)ccc2-c2c(-c3ccccc3-c3nc(-c4ccccc4)nc(-c4ccccc4)n3)cccc2C1(C)C.CC1(C)c2ccc(-c3cccc(-c4nc(-c5ccccc5)nc(-c5ccccc5)n4)c3)cc2-c2cccc(-c3ccccc3)c2C1(C)C. The van der Waals surface area contributed by atoms with Gasteiger partial charge < -0.3 is 0 Å². The highest BCUT2D eigenvalue weighted by atomic mass is 15.0. The van der Waals surface area contributed by atoms with Gasteiger partial charge >= 0.3 is 0 Å². The van der Waals surface area contributed by atoms with E-state index in [1.807, 2.05) is 97.1 Å². The Bertz CT molecular complexity index is 5080. The summed E-state index contributed by atoms with van der Waals surface area (Å²) in [5.74, 6) is 3.95. The highest BCUT2D eigenvalue weighted by Gasteiger charge is 2.48. The van der Waals surface area contributed by atoms with Gasteiger partial charge in [0.1, 0.15) is 0 Å². The van der Waals surface area contributed by atoms with Gasteiger partial charge in [-0.15, -0.1) is 0 Å². The molecule has 0 unspecified atom stereocenters. The predicted octanol–water partition coefficient (Wildman–Crippen LogP) is 22.9. The fourth-order valence-electron chi connectivity index (χ4n) is 14.4. The zero-order chi connectivity index (χ0) is 65.8. The van der Waals surface area contributed by atoms with Crippen LogP contribution < -0.4 is 0 Å². The Hall–Kier alpha value is -11.3. The van der Waals surface area contributed by atoms with E-state index in [0.29, 0.717) is 34.9 Å². The second-order valence-electron chi connectivity index (χ2n) is 27.4. The molecular formula is C90H74N6. The summed E-state index contributed by atoms with van der Waals surface area (Å²) in [6, 6.07) is 107. The lowest BCUT2D eigenvalue weighted by atomic mass is 9.54. The lowest BCUT2D eigenvalue weighted by Gasteiger charge is -2.49. The van der Waals surface area contributed by atoms with E-state index in [2.05, 4.69) is 262 Å². The van der Waals surface area contributed by atoms with Crippen molar-refractivity contribution in [2.45, 2.75) is 77.0 Å². The average Bonchev–Trinajstić information content (AvgIpc) is 0.712. The summed E-state index contributed by atoms with van der Waals surface area (Å²) >= 11 is 0. The van der Waals surface area contributed by atoms with Gasteiger partial charge in [0, 0.05) is 38.8 Å². The van der Waals surface area contributed by atoms with Gasteiger partial charge in [-0.2, -0.15) is 0 Å². The van der Waals surface area contributed by atoms with Crippen LogP contribution in [-0.2, 0) is 21.7 Å². The molecule has 6 heteroatoms. The zero-order valence-electron chi connectivity index (χ0n) is 55.6. The largest absolute Gasteiger partial charge is 0.208 e. The molecular weight excluding hydrogens is 1170 g/mol. The van der Waals surface area contributed by atoms with Crippen LogP contribution in [0.5, 0.6) is 0 Å². The van der Waals surface area contributed by atoms with E-state index in [4.69, 9.17) is 29.9 Å². The van der Waals surface area contributed by atoms with E-state index in [0.717, 1.165) is 44.5 Å². The van der Waals surface area contributed by atoms with Crippen LogP contribution in [0.25, 0.3) is 135 Å². The molecule has 464 valence electrons. The monoisotopic (exact) mass is 1240 g/mol. The quantitative estimate of drug-likeness (QED) is 0.136.